The minimum absolute atomic E-state index is 0.00998. The smallest absolute Gasteiger partial charge is 0.242 e. The summed E-state index contributed by atoms with van der Waals surface area (Å²) in [5.74, 6) is 6.39. The van der Waals surface area contributed by atoms with E-state index in [1.165, 1.54) is 0 Å². The lowest BCUT2D eigenvalue weighted by molar-refractivity contribution is 0.555. The Hall–Kier alpha value is -0.760. The Morgan fingerprint density at radius 1 is 1.35 bits per heavy atom. The highest BCUT2D eigenvalue weighted by Gasteiger charge is 2.31. The highest BCUT2D eigenvalue weighted by atomic mass is 32.2. The predicted octanol–water partition coefficient (Wildman–Crippen LogP) is 1.92. The molecule has 5 nitrogen and oxygen atoms in total. The van der Waals surface area contributed by atoms with Crippen molar-refractivity contribution in [1.82, 2.24) is 4.72 Å². The van der Waals surface area contributed by atoms with Gasteiger partial charge in [0.15, 0.2) is 0 Å². The summed E-state index contributed by atoms with van der Waals surface area (Å²) in [6.07, 6.45) is 3.04. The second kappa shape index (κ2) is 6.80. The van der Waals surface area contributed by atoms with Crippen LogP contribution in [0, 0.1) is 0 Å². The Morgan fingerprint density at radius 3 is 2.80 bits per heavy atom. The maximum Gasteiger partial charge on any atom is 0.242 e. The summed E-state index contributed by atoms with van der Waals surface area (Å²) in [6.45, 7) is 2.10. The molecule has 1 saturated carbocycles. The van der Waals surface area contributed by atoms with E-state index in [9.17, 15) is 8.42 Å². The first kappa shape index (κ1) is 15.6. The number of nitrogens with one attached hydrogen (secondary N) is 2. The summed E-state index contributed by atoms with van der Waals surface area (Å²) in [5, 5.41) is 0.368. The molecule has 0 saturated heterocycles. The van der Waals surface area contributed by atoms with Gasteiger partial charge >= 0.3 is 0 Å². The van der Waals surface area contributed by atoms with E-state index in [0.29, 0.717) is 10.9 Å². The maximum absolute atomic E-state index is 12.5. The fraction of sp³-hybridized carbons (Fsp3) is 0.538. The molecule has 20 heavy (non-hydrogen) atoms. The number of rotatable bonds is 6. The molecule has 0 spiro atoms. The van der Waals surface area contributed by atoms with Gasteiger partial charge in [-0.2, -0.15) is 11.8 Å². The van der Waals surface area contributed by atoms with Crippen molar-refractivity contribution in [1.29, 1.82) is 0 Å². The van der Waals surface area contributed by atoms with Crippen molar-refractivity contribution in [2.75, 3.05) is 11.2 Å². The van der Waals surface area contributed by atoms with E-state index in [1.54, 1.807) is 24.3 Å². The summed E-state index contributed by atoms with van der Waals surface area (Å²) in [5.41, 5.74) is 2.85. The van der Waals surface area contributed by atoms with E-state index < -0.39 is 10.0 Å². The van der Waals surface area contributed by atoms with Crippen LogP contribution in [0.15, 0.2) is 29.2 Å². The maximum atomic E-state index is 12.5. The van der Waals surface area contributed by atoms with Crippen LogP contribution in [0.3, 0.4) is 0 Å². The van der Waals surface area contributed by atoms with Gasteiger partial charge in [-0.25, -0.2) is 13.1 Å². The van der Waals surface area contributed by atoms with Crippen LogP contribution in [0.2, 0.25) is 0 Å². The largest absolute Gasteiger partial charge is 0.323 e. The van der Waals surface area contributed by atoms with Crippen LogP contribution >= 0.6 is 11.8 Å². The molecule has 1 aromatic carbocycles. The molecule has 7 heteroatoms. The molecule has 2 unspecified atom stereocenters. The third-order valence-electron chi connectivity index (χ3n) is 3.47. The van der Waals surface area contributed by atoms with E-state index in [4.69, 9.17) is 5.84 Å². The van der Waals surface area contributed by atoms with Crippen LogP contribution in [0.5, 0.6) is 0 Å². The molecular weight excluding hydrogens is 294 g/mol. The van der Waals surface area contributed by atoms with Crippen molar-refractivity contribution in [2.24, 2.45) is 5.84 Å². The summed E-state index contributed by atoms with van der Waals surface area (Å²) in [6, 6.07) is 6.67. The van der Waals surface area contributed by atoms with E-state index in [1.807, 2.05) is 11.8 Å². The van der Waals surface area contributed by atoms with Gasteiger partial charge < -0.3 is 5.43 Å². The molecule has 0 amide bonds. The lowest BCUT2D eigenvalue weighted by Crippen LogP contribution is -2.39. The average Bonchev–Trinajstić information content (AvgIpc) is 2.86. The number of para-hydroxylation sites is 1. The Labute approximate surface area is 124 Å². The molecule has 2 rings (SSSR count). The van der Waals surface area contributed by atoms with Crippen molar-refractivity contribution < 1.29 is 8.42 Å². The number of anilines is 1. The molecule has 1 aliphatic rings. The van der Waals surface area contributed by atoms with Gasteiger partial charge in [-0.1, -0.05) is 25.5 Å². The van der Waals surface area contributed by atoms with Crippen LogP contribution < -0.4 is 16.0 Å². The molecule has 1 aromatic rings. The molecule has 0 aromatic heterocycles. The van der Waals surface area contributed by atoms with E-state index in [-0.39, 0.29) is 10.9 Å². The van der Waals surface area contributed by atoms with Crippen LogP contribution in [0.4, 0.5) is 5.69 Å². The zero-order valence-corrected chi connectivity index (χ0v) is 13.1. The van der Waals surface area contributed by atoms with Crippen LogP contribution in [-0.4, -0.2) is 25.5 Å². The number of sulfonamides is 1. The normalized spacial score (nSPS) is 22.9. The summed E-state index contributed by atoms with van der Waals surface area (Å²) in [7, 11) is -3.54. The number of benzene rings is 1. The van der Waals surface area contributed by atoms with Gasteiger partial charge in [0, 0.05) is 11.3 Å². The van der Waals surface area contributed by atoms with Gasteiger partial charge in [-0.05, 0) is 30.7 Å². The van der Waals surface area contributed by atoms with Gasteiger partial charge in [-0.15, -0.1) is 0 Å². The third-order valence-corrected chi connectivity index (χ3v) is 6.35. The summed E-state index contributed by atoms with van der Waals surface area (Å²) < 4.78 is 27.8. The molecule has 2 atom stereocenters. The summed E-state index contributed by atoms with van der Waals surface area (Å²) >= 11 is 1.83. The third kappa shape index (κ3) is 3.46. The fourth-order valence-electron chi connectivity index (χ4n) is 2.56. The van der Waals surface area contributed by atoms with Crippen LogP contribution in [-0.2, 0) is 10.0 Å². The number of hydrazine groups is 1. The van der Waals surface area contributed by atoms with Crippen molar-refractivity contribution in [3.8, 4) is 0 Å². The van der Waals surface area contributed by atoms with Crippen molar-refractivity contribution in [2.45, 2.75) is 42.4 Å². The Morgan fingerprint density at radius 2 is 2.10 bits per heavy atom. The van der Waals surface area contributed by atoms with Crippen LogP contribution in [0.1, 0.15) is 26.2 Å². The quantitative estimate of drug-likeness (QED) is 0.552. The molecule has 4 N–H and O–H groups in total. The zero-order valence-electron chi connectivity index (χ0n) is 11.5. The molecule has 0 radical (unpaired) electrons. The van der Waals surface area contributed by atoms with Gasteiger partial charge in [-0.3, -0.25) is 5.84 Å². The molecule has 0 aliphatic heterocycles. The monoisotopic (exact) mass is 315 g/mol. The molecule has 0 heterocycles. The first-order valence-corrected chi connectivity index (χ1v) is 9.31. The second-order valence-electron chi connectivity index (χ2n) is 4.79. The minimum atomic E-state index is -3.54. The second-order valence-corrected chi connectivity index (χ2v) is 7.99. The van der Waals surface area contributed by atoms with Crippen molar-refractivity contribution in [3.05, 3.63) is 24.3 Å². The lowest BCUT2D eigenvalue weighted by Gasteiger charge is -2.21. The molecular formula is C13H21N3O2S2. The molecule has 0 bridgehead atoms. The lowest BCUT2D eigenvalue weighted by atomic mass is 10.3. The number of thioether (sulfide) groups is 1. The van der Waals surface area contributed by atoms with Gasteiger partial charge in [0.05, 0.1) is 5.69 Å². The van der Waals surface area contributed by atoms with Gasteiger partial charge in [0.1, 0.15) is 4.90 Å². The number of hydrogen-bond acceptors (Lipinski definition) is 5. The van der Waals surface area contributed by atoms with Crippen LogP contribution in [0.25, 0.3) is 0 Å². The summed E-state index contributed by atoms with van der Waals surface area (Å²) in [4.78, 5) is 0.203. The molecule has 1 fully saturated rings. The van der Waals surface area contributed by atoms with E-state index in [2.05, 4.69) is 17.1 Å². The molecule has 112 valence electrons. The highest BCUT2D eigenvalue weighted by Crippen LogP contribution is 2.31. The zero-order chi connectivity index (χ0) is 14.6. The topological polar surface area (TPSA) is 84.2 Å². The first-order chi connectivity index (χ1) is 9.58. The SMILES string of the molecule is CCSC1CCCC1NS(=O)(=O)c1ccccc1NN. The van der Waals surface area contributed by atoms with E-state index >= 15 is 0 Å². The fourth-order valence-corrected chi connectivity index (χ4v) is 5.32. The first-order valence-electron chi connectivity index (χ1n) is 6.78. The van der Waals surface area contributed by atoms with Crippen molar-refractivity contribution in [3.63, 3.8) is 0 Å². The number of hydrogen-bond donors (Lipinski definition) is 3. The Balaban J connectivity index is 2.18. The standard InChI is InChI=1S/C13H21N3O2S2/c1-2-19-12-8-5-7-10(12)16-20(17,18)13-9-4-3-6-11(13)15-14/h3-4,6,9-10,12,15-16H,2,5,7-8,14H2,1H3. The number of nitrogens with two attached hydrogens (primary N) is 1. The van der Waals surface area contributed by atoms with Crippen molar-refractivity contribution >= 4 is 27.5 Å². The highest BCUT2D eigenvalue weighted by molar-refractivity contribution is 8.00. The number of nitrogen functional groups attached to an aromatic ring is 1. The molecule has 1 aliphatic carbocycles. The minimum Gasteiger partial charge on any atom is -0.323 e. The van der Waals surface area contributed by atoms with E-state index in [0.717, 1.165) is 25.0 Å². The Kier molecular flexibility index (Phi) is 5.31. The van der Waals surface area contributed by atoms with Gasteiger partial charge in [0.25, 0.3) is 0 Å². The predicted molar refractivity (Wildman–Crippen MR) is 84.1 cm³/mol. The van der Waals surface area contributed by atoms with Gasteiger partial charge in [0.2, 0.25) is 10.0 Å². The average molecular weight is 315 g/mol. The Bertz CT molecular complexity index is 548.